The molecule has 1 aliphatic heterocycles. The van der Waals surface area contributed by atoms with E-state index in [4.69, 9.17) is 14.2 Å². The first-order chi connectivity index (χ1) is 7.86. The van der Waals surface area contributed by atoms with Crippen molar-refractivity contribution in [1.29, 1.82) is 0 Å². The maximum Gasteiger partial charge on any atom is 0.0701 e. The van der Waals surface area contributed by atoms with Crippen molar-refractivity contribution in [3.63, 3.8) is 0 Å². The van der Waals surface area contributed by atoms with E-state index in [2.05, 4.69) is 4.90 Å². The molecule has 0 amide bonds. The van der Waals surface area contributed by atoms with Gasteiger partial charge in [0.1, 0.15) is 0 Å². The topological polar surface area (TPSA) is 30.9 Å². The second-order valence-corrected chi connectivity index (χ2v) is 4.09. The van der Waals surface area contributed by atoms with Crippen molar-refractivity contribution in [3.8, 4) is 0 Å². The molecule has 0 saturated carbocycles. The summed E-state index contributed by atoms with van der Waals surface area (Å²) in [7, 11) is 1.80. The predicted octanol–water partition coefficient (Wildman–Crippen LogP) is 1.15. The van der Waals surface area contributed by atoms with Crippen LogP contribution in [0.3, 0.4) is 0 Å². The average molecular weight is 231 g/mol. The molecule has 1 heterocycles. The van der Waals surface area contributed by atoms with Crippen LogP contribution in [0.1, 0.15) is 19.8 Å². The summed E-state index contributed by atoms with van der Waals surface area (Å²) >= 11 is 0. The van der Waals surface area contributed by atoms with Gasteiger partial charge in [-0.15, -0.1) is 0 Å². The van der Waals surface area contributed by atoms with Crippen LogP contribution in [0.15, 0.2) is 0 Å². The fraction of sp³-hybridized carbons (Fsp3) is 1.00. The summed E-state index contributed by atoms with van der Waals surface area (Å²) in [6, 6.07) is 0. The zero-order chi connectivity index (χ0) is 11.6. The highest BCUT2D eigenvalue weighted by atomic mass is 16.5. The monoisotopic (exact) mass is 231 g/mol. The Hall–Kier alpha value is -0.160. The Morgan fingerprint density at radius 3 is 2.38 bits per heavy atom. The molecule has 0 aromatic carbocycles. The first-order valence-corrected chi connectivity index (χ1v) is 6.27. The predicted molar refractivity (Wildman–Crippen MR) is 63.8 cm³/mol. The Morgan fingerprint density at radius 2 is 1.75 bits per heavy atom. The number of rotatable bonds is 8. The molecule has 0 radical (unpaired) electrons. The van der Waals surface area contributed by atoms with Crippen LogP contribution in [0.4, 0.5) is 0 Å². The van der Waals surface area contributed by atoms with Gasteiger partial charge in [-0.2, -0.15) is 0 Å². The molecule has 1 saturated heterocycles. The highest BCUT2D eigenvalue weighted by Gasteiger charge is 2.17. The third kappa shape index (κ3) is 5.80. The molecular weight excluding hydrogens is 206 g/mol. The molecule has 0 bridgehead atoms. The average Bonchev–Trinajstić information content (AvgIpc) is 2.34. The van der Waals surface area contributed by atoms with Crippen LogP contribution in [0, 0.1) is 0 Å². The van der Waals surface area contributed by atoms with Gasteiger partial charge >= 0.3 is 0 Å². The molecule has 1 fully saturated rings. The van der Waals surface area contributed by atoms with E-state index in [-0.39, 0.29) is 0 Å². The van der Waals surface area contributed by atoms with Crippen LogP contribution in [0.25, 0.3) is 0 Å². The normalized spacial score (nSPS) is 19.1. The third-order valence-electron chi connectivity index (χ3n) is 3.00. The van der Waals surface area contributed by atoms with E-state index in [9.17, 15) is 0 Å². The summed E-state index contributed by atoms with van der Waals surface area (Å²) in [4.78, 5) is 2.44. The summed E-state index contributed by atoms with van der Waals surface area (Å²) in [5.41, 5.74) is 0. The SMILES string of the molecule is CCOCCOCCN1CCC(OC)CC1. The van der Waals surface area contributed by atoms with Crippen molar-refractivity contribution in [2.75, 3.05) is 53.2 Å². The van der Waals surface area contributed by atoms with Gasteiger partial charge in [0.25, 0.3) is 0 Å². The minimum Gasteiger partial charge on any atom is -0.381 e. The molecule has 4 heteroatoms. The van der Waals surface area contributed by atoms with Crippen molar-refractivity contribution in [2.24, 2.45) is 0 Å². The molecule has 0 unspecified atom stereocenters. The molecule has 1 aliphatic rings. The maximum atomic E-state index is 5.49. The Morgan fingerprint density at radius 1 is 1.06 bits per heavy atom. The van der Waals surface area contributed by atoms with Gasteiger partial charge in [-0.1, -0.05) is 0 Å². The Labute approximate surface area is 98.8 Å². The minimum absolute atomic E-state index is 0.468. The molecule has 0 atom stereocenters. The number of nitrogens with zero attached hydrogens (tertiary/aromatic N) is 1. The summed E-state index contributed by atoms with van der Waals surface area (Å²) in [5, 5.41) is 0. The molecule has 0 aromatic heterocycles. The fourth-order valence-electron chi connectivity index (χ4n) is 1.93. The summed E-state index contributed by atoms with van der Waals surface area (Å²) in [5.74, 6) is 0. The number of piperidine rings is 1. The van der Waals surface area contributed by atoms with Gasteiger partial charge in [0, 0.05) is 33.4 Å². The standard InChI is InChI=1S/C12H25NO3/c1-3-15-10-11-16-9-8-13-6-4-12(14-2)5-7-13/h12H,3-11H2,1-2H3. The second kappa shape index (κ2) is 8.93. The van der Waals surface area contributed by atoms with Crippen LogP contribution < -0.4 is 0 Å². The first-order valence-electron chi connectivity index (χ1n) is 6.27. The molecule has 4 nitrogen and oxygen atoms in total. The van der Waals surface area contributed by atoms with Gasteiger partial charge in [0.05, 0.1) is 25.9 Å². The fourth-order valence-corrected chi connectivity index (χ4v) is 1.93. The number of likely N-dealkylation sites (tertiary alicyclic amines) is 1. The van der Waals surface area contributed by atoms with Crippen molar-refractivity contribution in [3.05, 3.63) is 0 Å². The van der Waals surface area contributed by atoms with Gasteiger partial charge in [0.15, 0.2) is 0 Å². The highest BCUT2D eigenvalue weighted by molar-refractivity contribution is 4.71. The molecule has 0 aliphatic carbocycles. The lowest BCUT2D eigenvalue weighted by atomic mass is 10.1. The van der Waals surface area contributed by atoms with Crippen LogP contribution in [-0.2, 0) is 14.2 Å². The quantitative estimate of drug-likeness (QED) is 0.586. The van der Waals surface area contributed by atoms with E-state index in [1.807, 2.05) is 6.92 Å². The maximum absolute atomic E-state index is 5.49. The Balaban J connectivity index is 1.90. The Kier molecular flexibility index (Phi) is 7.76. The lowest BCUT2D eigenvalue weighted by Gasteiger charge is -2.30. The molecule has 0 spiro atoms. The number of hydrogen-bond acceptors (Lipinski definition) is 4. The molecule has 1 rings (SSSR count). The highest BCUT2D eigenvalue weighted by Crippen LogP contribution is 2.11. The van der Waals surface area contributed by atoms with Crippen LogP contribution in [-0.4, -0.2) is 64.2 Å². The molecule has 16 heavy (non-hydrogen) atoms. The van der Waals surface area contributed by atoms with Crippen molar-refractivity contribution in [1.82, 2.24) is 4.90 Å². The van der Waals surface area contributed by atoms with Crippen LogP contribution in [0.5, 0.6) is 0 Å². The zero-order valence-electron chi connectivity index (χ0n) is 10.6. The van der Waals surface area contributed by atoms with Crippen LogP contribution >= 0.6 is 0 Å². The van der Waals surface area contributed by atoms with Gasteiger partial charge in [0.2, 0.25) is 0 Å². The number of methoxy groups -OCH3 is 1. The largest absolute Gasteiger partial charge is 0.381 e. The molecular formula is C12H25NO3. The molecule has 96 valence electrons. The van der Waals surface area contributed by atoms with Crippen molar-refractivity contribution >= 4 is 0 Å². The van der Waals surface area contributed by atoms with E-state index in [0.717, 1.165) is 45.7 Å². The van der Waals surface area contributed by atoms with Gasteiger partial charge < -0.3 is 19.1 Å². The van der Waals surface area contributed by atoms with Crippen LogP contribution in [0.2, 0.25) is 0 Å². The summed E-state index contributed by atoms with van der Waals surface area (Å²) < 4.78 is 16.0. The van der Waals surface area contributed by atoms with E-state index in [1.54, 1.807) is 7.11 Å². The Bertz CT molecular complexity index is 158. The van der Waals surface area contributed by atoms with Crippen molar-refractivity contribution in [2.45, 2.75) is 25.9 Å². The smallest absolute Gasteiger partial charge is 0.0701 e. The lowest BCUT2D eigenvalue weighted by Crippen LogP contribution is -2.38. The van der Waals surface area contributed by atoms with E-state index in [1.165, 1.54) is 0 Å². The van der Waals surface area contributed by atoms with E-state index >= 15 is 0 Å². The first kappa shape index (κ1) is 13.9. The number of ether oxygens (including phenoxy) is 3. The van der Waals surface area contributed by atoms with E-state index < -0.39 is 0 Å². The number of hydrogen-bond donors (Lipinski definition) is 0. The molecule has 0 N–H and O–H groups in total. The van der Waals surface area contributed by atoms with Crippen molar-refractivity contribution < 1.29 is 14.2 Å². The summed E-state index contributed by atoms with van der Waals surface area (Å²) in [6.45, 7) is 8.30. The van der Waals surface area contributed by atoms with Gasteiger partial charge in [-0.3, -0.25) is 0 Å². The third-order valence-corrected chi connectivity index (χ3v) is 3.00. The van der Waals surface area contributed by atoms with Gasteiger partial charge in [-0.05, 0) is 19.8 Å². The minimum atomic E-state index is 0.468. The van der Waals surface area contributed by atoms with Gasteiger partial charge in [-0.25, -0.2) is 0 Å². The summed E-state index contributed by atoms with van der Waals surface area (Å²) in [6.07, 6.45) is 2.76. The molecule has 0 aromatic rings. The zero-order valence-corrected chi connectivity index (χ0v) is 10.6. The lowest BCUT2D eigenvalue weighted by molar-refractivity contribution is 0.0174. The second-order valence-electron chi connectivity index (χ2n) is 4.09. The van der Waals surface area contributed by atoms with E-state index in [0.29, 0.717) is 19.3 Å².